The van der Waals surface area contributed by atoms with Gasteiger partial charge in [-0.05, 0) is 84.8 Å². The maximum absolute atomic E-state index is 12.6. The number of hydrogen-bond donors (Lipinski definition) is 2. The van der Waals surface area contributed by atoms with Crippen LogP contribution in [-0.2, 0) is 17.1 Å². The van der Waals surface area contributed by atoms with Crippen LogP contribution in [0, 0.1) is 0 Å². The molecule has 0 aliphatic heterocycles. The van der Waals surface area contributed by atoms with E-state index in [1.165, 1.54) is 6.08 Å². The van der Waals surface area contributed by atoms with E-state index in [1.54, 1.807) is 17.8 Å². The van der Waals surface area contributed by atoms with Crippen LogP contribution >= 0.6 is 27.7 Å². The van der Waals surface area contributed by atoms with E-state index in [0.29, 0.717) is 23.5 Å². The normalized spacial score (nSPS) is 11.0. The molecule has 2 N–H and O–H groups in total. The largest absolute Gasteiger partial charge is 0.323 e. The van der Waals surface area contributed by atoms with Crippen molar-refractivity contribution in [3.05, 3.63) is 130 Å². The van der Waals surface area contributed by atoms with Crippen LogP contribution in [0.1, 0.15) is 28.4 Å². The quantitative estimate of drug-likeness (QED) is 0.120. The van der Waals surface area contributed by atoms with Crippen molar-refractivity contribution < 1.29 is 9.59 Å². The van der Waals surface area contributed by atoms with Crippen LogP contribution in [0.4, 0.5) is 11.4 Å². The van der Waals surface area contributed by atoms with Gasteiger partial charge in [0.2, 0.25) is 5.91 Å². The molecular formula is C33H28BrN5O2S. The molecule has 0 radical (unpaired) electrons. The minimum Gasteiger partial charge on any atom is -0.323 e. The van der Waals surface area contributed by atoms with Crippen molar-refractivity contribution in [2.75, 3.05) is 10.6 Å². The summed E-state index contributed by atoms with van der Waals surface area (Å²) in [7, 11) is 0. The van der Waals surface area contributed by atoms with Gasteiger partial charge in [0, 0.05) is 45.3 Å². The highest BCUT2D eigenvalue weighted by atomic mass is 79.9. The summed E-state index contributed by atoms with van der Waals surface area (Å²) in [5.74, 6) is 1.11. The maximum atomic E-state index is 12.6. The molecule has 0 aliphatic rings. The smallest absolute Gasteiger partial charge is 0.255 e. The number of rotatable bonds is 10. The Morgan fingerprint density at radius 2 is 1.50 bits per heavy atom. The number of halogens is 1. The molecule has 210 valence electrons. The molecule has 5 rings (SSSR count). The predicted molar refractivity (Wildman–Crippen MR) is 173 cm³/mol. The summed E-state index contributed by atoms with van der Waals surface area (Å²) < 4.78 is 3.03. The molecule has 4 aromatic carbocycles. The summed E-state index contributed by atoms with van der Waals surface area (Å²) in [6.07, 6.45) is 3.30. The molecular weight excluding hydrogens is 610 g/mol. The Labute approximate surface area is 257 Å². The lowest BCUT2D eigenvalue weighted by Crippen LogP contribution is -2.11. The molecule has 0 spiro atoms. The summed E-state index contributed by atoms with van der Waals surface area (Å²) in [4.78, 5) is 24.9. The summed E-state index contributed by atoms with van der Waals surface area (Å²) in [6.45, 7) is 2.77. The standard InChI is InChI=1S/C33H28BrN5O2S/c1-2-39-31(25-13-17-28(18-14-25)35-30(40)21-10-23-6-4-3-5-7-23)37-38-33(39)42-22-24-8-11-26(12-9-24)32(41)36-29-19-15-27(34)16-20-29/h3-21H,2,22H2,1H3,(H,35,40)(H,36,41)/b21-10+. The third-order valence-corrected chi connectivity index (χ3v) is 7.92. The van der Waals surface area contributed by atoms with Crippen molar-refractivity contribution >= 4 is 57.0 Å². The monoisotopic (exact) mass is 637 g/mol. The highest BCUT2D eigenvalue weighted by Crippen LogP contribution is 2.27. The average molecular weight is 639 g/mol. The van der Waals surface area contributed by atoms with Crippen LogP contribution < -0.4 is 10.6 Å². The van der Waals surface area contributed by atoms with Gasteiger partial charge in [-0.15, -0.1) is 10.2 Å². The minimum absolute atomic E-state index is 0.152. The number of carbonyl (C=O) groups excluding carboxylic acids is 2. The van der Waals surface area contributed by atoms with Crippen LogP contribution in [-0.4, -0.2) is 26.6 Å². The number of thioether (sulfide) groups is 1. The van der Waals surface area contributed by atoms with Crippen LogP contribution in [0.25, 0.3) is 17.5 Å². The van der Waals surface area contributed by atoms with E-state index in [-0.39, 0.29) is 11.8 Å². The minimum atomic E-state index is -0.194. The van der Waals surface area contributed by atoms with Crippen molar-refractivity contribution in [3.63, 3.8) is 0 Å². The lowest BCUT2D eigenvalue weighted by Gasteiger charge is -2.09. The number of nitrogens with zero attached hydrogens (tertiary/aromatic N) is 3. The molecule has 5 aromatic rings. The van der Waals surface area contributed by atoms with Crippen molar-refractivity contribution in [1.29, 1.82) is 0 Å². The summed E-state index contributed by atoms with van der Waals surface area (Å²) in [5.41, 5.74) is 4.99. The molecule has 1 aromatic heterocycles. The van der Waals surface area contributed by atoms with Crippen molar-refractivity contribution in [3.8, 4) is 11.4 Å². The molecule has 7 nitrogen and oxygen atoms in total. The SMILES string of the molecule is CCn1c(SCc2ccc(C(=O)Nc3ccc(Br)cc3)cc2)nnc1-c1ccc(NC(=O)/C=C/c2ccccc2)cc1. The Hall–Kier alpha value is -4.47. The molecule has 0 saturated heterocycles. The molecule has 0 bridgehead atoms. The van der Waals surface area contributed by atoms with Gasteiger partial charge >= 0.3 is 0 Å². The molecule has 9 heteroatoms. The van der Waals surface area contributed by atoms with E-state index >= 15 is 0 Å². The summed E-state index contributed by atoms with van der Waals surface area (Å²) >= 11 is 4.99. The first-order valence-electron chi connectivity index (χ1n) is 13.3. The molecule has 0 fully saturated rings. The fourth-order valence-corrected chi connectivity index (χ4v) is 5.38. The Kier molecular flexibility index (Phi) is 9.63. The Morgan fingerprint density at radius 1 is 0.833 bits per heavy atom. The van der Waals surface area contributed by atoms with Crippen molar-refractivity contribution in [2.24, 2.45) is 0 Å². The molecule has 2 amide bonds. The van der Waals surface area contributed by atoms with E-state index in [9.17, 15) is 9.59 Å². The Balaban J connectivity index is 1.18. The van der Waals surface area contributed by atoms with Crippen LogP contribution in [0.2, 0.25) is 0 Å². The molecule has 0 saturated carbocycles. The van der Waals surface area contributed by atoms with Crippen molar-refractivity contribution in [1.82, 2.24) is 14.8 Å². The second-order valence-electron chi connectivity index (χ2n) is 9.31. The van der Waals surface area contributed by atoms with Crippen LogP contribution in [0.5, 0.6) is 0 Å². The molecule has 0 atom stereocenters. The van der Waals surface area contributed by atoms with Gasteiger partial charge in [-0.1, -0.05) is 70.2 Å². The third kappa shape index (κ3) is 7.63. The predicted octanol–water partition coefficient (Wildman–Crippen LogP) is 7.92. The first-order chi connectivity index (χ1) is 20.5. The van der Waals surface area contributed by atoms with Gasteiger partial charge in [-0.25, -0.2) is 0 Å². The topological polar surface area (TPSA) is 88.9 Å². The van der Waals surface area contributed by atoms with Gasteiger partial charge in [0.1, 0.15) is 0 Å². The van der Waals surface area contributed by atoms with Gasteiger partial charge in [0.15, 0.2) is 11.0 Å². The Bertz CT molecular complexity index is 1680. The van der Waals surface area contributed by atoms with Crippen molar-refractivity contribution in [2.45, 2.75) is 24.4 Å². The highest BCUT2D eigenvalue weighted by Gasteiger charge is 2.14. The van der Waals surface area contributed by atoms with E-state index in [4.69, 9.17) is 0 Å². The fraction of sp³-hybridized carbons (Fsp3) is 0.0909. The maximum Gasteiger partial charge on any atom is 0.255 e. The van der Waals surface area contributed by atoms with E-state index in [1.807, 2.05) is 103 Å². The Morgan fingerprint density at radius 3 is 2.19 bits per heavy atom. The number of nitrogens with one attached hydrogen (secondary N) is 2. The van der Waals surface area contributed by atoms with E-state index < -0.39 is 0 Å². The highest BCUT2D eigenvalue weighted by molar-refractivity contribution is 9.10. The number of aromatic nitrogens is 3. The third-order valence-electron chi connectivity index (χ3n) is 6.36. The van der Waals surface area contributed by atoms with Gasteiger partial charge in [0.05, 0.1) is 0 Å². The summed E-state index contributed by atoms with van der Waals surface area (Å²) in [6, 6.07) is 32.3. The zero-order valence-electron chi connectivity index (χ0n) is 22.8. The number of hydrogen-bond acceptors (Lipinski definition) is 5. The second-order valence-corrected chi connectivity index (χ2v) is 11.2. The molecule has 1 heterocycles. The average Bonchev–Trinajstić information content (AvgIpc) is 3.44. The zero-order chi connectivity index (χ0) is 29.3. The lowest BCUT2D eigenvalue weighted by molar-refractivity contribution is -0.111. The molecule has 0 aliphatic carbocycles. The first-order valence-corrected chi connectivity index (χ1v) is 15.1. The number of benzene rings is 4. The number of anilines is 2. The van der Waals surface area contributed by atoms with Gasteiger partial charge in [-0.2, -0.15) is 0 Å². The number of carbonyl (C=O) groups is 2. The molecule has 0 unspecified atom stereocenters. The number of amides is 2. The van der Waals surface area contributed by atoms with Crippen LogP contribution in [0.3, 0.4) is 0 Å². The van der Waals surface area contributed by atoms with Gasteiger partial charge in [0.25, 0.3) is 5.91 Å². The zero-order valence-corrected chi connectivity index (χ0v) is 25.2. The van der Waals surface area contributed by atoms with Gasteiger partial charge in [-0.3, -0.25) is 9.59 Å². The van der Waals surface area contributed by atoms with E-state index in [0.717, 1.165) is 37.8 Å². The van der Waals surface area contributed by atoms with Gasteiger partial charge < -0.3 is 15.2 Å². The second kappa shape index (κ2) is 13.9. The van der Waals surface area contributed by atoms with Crippen LogP contribution in [0.15, 0.2) is 119 Å². The summed E-state index contributed by atoms with van der Waals surface area (Å²) in [5, 5.41) is 15.5. The fourth-order valence-electron chi connectivity index (χ4n) is 4.15. The van der Waals surface area contributed by atoms with E-state index in [2.05, 4.69) is 48.3 Å². The lowest BCUT2D eigenvalue weighted by atomic mass is 10.1. The molecule has 42 heavy (non-hydrogen) atoms. The first kappa shape index (κ1) is 29.0.